The molecule has 0 aromatic carbocycles. The molecule has 0 bridgehead atoms. The predicted octanol–water partition coefficient (Wildman–Crippen LogP) is 2.43. The van der Waals surface area contributed by atoms with Gasteiger partial charge in [0.25, 0.3) is 0 Å². The zero-order valence-corrected chi connectivity index (χ0v) is 10.9. The van der Waals surface area contributed by atoms with E-state index >= 15 is 0 Å². The van der Waals surface area contributed by atoms with Crippen molar-refractivity contribution in [2.24, 2.45) is 5.92 Å². The van der Waals surface area contributed by atoms with Crippen LogP contribution in [0.4, 0.5) is 5.82 Å². The van der Waals surface area contributed by atoms with Crippen molar-refractivity contribution in [3.8, 4) is 0 Å². The van der Waals surface area contributed by atoms with E-state index in [4.69, 9.17) is 0 Å². The molecule has 0 saturated heterocycles. The number of nitrogens with one attached hydrogen (secondary N) is 1. The third-order valence-electron chi connectivity index (χ3n) is 3.60. The highest BCUT2D eigenvalue weighted by molar-refractivity contribution is 5.39. The third-order valence-corrected chi connectivity index (χ3v) is 3.60. The van der Waals surface area contributed by atoms with E-state index in [1.54, 1.807) is 0 Å². The van der Waals surface area contributed by atoms with Crippen LogP contribution in [0.1, 0.15) is 31.7 Å². The summed E-state index contributed by atoms with van der Waals surface area (Å²) in [6.45, 7) is 5.33. The van der Waals surface area contributed by atoms with Crippen LogP contribution in [-0.4, -0.2) is 25.1 Å². The molecule has 17 heavy (non-hydrogen) atoms. The Morgan fingerprint density at radius 2 is 2.24 bits per heavy atom. The molecular formula is C14H23N3. The second kappa shape index (κ2) is 6.01. The minimum atomic E-state index is 0.891. The Bertz CT molecular complexity index is 330. The quantitative estimate of drug-likeness (QED) is 0.818. The first-order valence-corrected chi connectivity index (χ1v) is 6.68. The van der Waals surface area contributed by atoms with Crippen LogP contribution in [-0.2, 0) is 6.54 Å². The van der Waals surface area contributed by atoms with Gasteiger partial charge in [-0.1, -0.05) is 12.5 Å². The Morgan fingerprint density at radius 1 is 1.41 bits per heavy atom. The summed E-state index contributed by atoms with van der Waals surface area (Å²) in [5.74, 6) is 2.02. The van der Waals surface area contributed by atoms with Gasteiger partial charge in [-0.25, -0.2) is 4.98 Å². The van der Waals surface area contributed by atoms with Crippen molar-refractivity contribution in [3.05, 3.63) is 23.9 Å². The zero-order chi connectivity index (χ0) is 12.1. The molecule has 1 aromatic heterocycles. The Balaban J connectivity index is 1.97. The summed E-state index contributed by atoms with van der Waals surface area (Å²) in [5.41, 5.74) is 1.25. The largest absolute Gasteiger partial charge is 0.357 e. The fraction of sp³-hybridized carbons (Fsp3) is 0.643. The lowest BCUT2D eigenvalue weighted by Crippen LogP contribution is -2.32. The Kier molecular flexibility index (Phi) is 4.37. The highest BCUT2D eigenvalue weighted by Crippen LogP contribution is 2.28. The number of rotatable bonds is 6. The van der Waals surface area contributed by atoms with Crippen LogP contribution in [0, 0.1) is 5.92 Å². The smallest absolute Gasteiger partial charge is 0.128 e. The van der Waals surface area contributed by atoms with E-state index in [0.717, 1.165) is 24.8 Å². The number of hydrogen-bond acceptors (Lipinski definition) is 3. The van der Waals surface area contributed by atoms with Gasteiger partial charge in [-0.3, -0.25) is 0 Å². The van der Waals surface area contributed by atoms with Crippen molar-refractivity contribution in [2.75, 3.05) is 25.0 Å². The molecule has 0 unspecified atom stereocenters. The fourth-order valence-electron chi connectivity index (χ4n) is 2.28. The minimum Gasteiger partial charge on any atom is -0.357 e. The number of anilines is 1. The molecule has 1 heterocycles. The van der Waals surface area contributed by atoms with Gasteiger partial charge in [-0.05, 0) is 44.4 Å². The van der Waals surface area contributed by atoms with E-state index in [1.165, 1.54) is 31.4 Å². The van der Waals surface area contributed by atoms with Gasteiger partial charge in [0.2, 0.25) is 0 Å². The maximum absolute atomic E-state index is 4.57. The van der Waals surface area contributed by atoms with Crippen LogP contribution in [0.25, 0.3) is 0 Å². The van der Waals surface area contributed by atoms with Gasteiger partial charge < -0.3 is 10.2 Å². The van der Waals surface area contributed by atoms with Crippen molar-refractivity contribution in [1.29, 1.82) is 0 Å². The van der Waals surface area contributed by atoms with E-state index in [9.17, 15) is 0 Å². The van der Waals surface area contributed by atoms with Crippen LogP contribution in [0.3, 0.4) is 0 Å². The van der Waals surface area contributed by atoms with Crippen molar-refractivity contribution in [2.45, 2.75) is 32.7 Å². The highest BCUT2D eigenvalue weighted by atomic mass is 15.2. The highest BCUT2D eigenvalue weighted by Gasteiger charge is 2.20. The molecule has 2 rings (SSSR count). The summed E-state index contributed by atoms with van der Waals surface area (Å²) < 4.78 is 0. The maximum Gasteiger partial charge on any atom is 0.128 e. The summed E-state index contributed by atoms with van der Waals surface area (Å²) in [7, 11) is 1.96. The van der Waals surface area contributed by atoms with Gasteiger partial charge in [-0.2, -0.15) is 0 Å². The molecule has 0 amide bonds. The molecule has 0 atom stereocenters. The minimum absolute atomic E-state index is 0.891. The summed E-state index contributed by atoms with van der Waals surface area (Å²) in [6, 6.07) is 4.32. The van der Waals surface area contributed by atoms with E-state index in [2.05, 4.69) is 34.3 Å². The summed E-state index contributed by atoms with van der Waals surface area (Å²) in [6.07, 6.45) is 6.19. The molecule has 1 N–H and O–H groups in total. The second-order valence-corrected chi connectivity index (χ2v) is 4.89. The number of pyridine rings is 1. The molecule has 94 valence electrons. The monoisotopic (exact) mass is 233 g/mol. The maximum atomic E-state index is 4.57. The molecule has 3 heteroatoms. The van der Waals surface area contributed by atoms with Crippen LogP contribution in [0.5, 0.6) is 0 Å². The topological polar surface area (TPSA) is 28.2 Å². The van der Waals surface area contributed by atoms with Gasteiger partial charge >= 0.3 is 0 Å². The molecule has 0 radical (unpaired) electrons. The van der Waals surface area contributed by atoms with E-state index in [0.29, 0.717) is 0 Å². The van der Waals surface area contributed by atoms with E-state index < -0.39 is 0 Å². The average Bonchev–Trinajstić information content (AvgIpc) is 2.30. The van der Waals surface area contributed by atoms with Crippen molar-refractivity contribution in [3.63, 3.8) is 0 Å². The molecule has 1 saturated carbocycles. The zero-order valence-electron chi connectivity index (χ0n) is 10.9. The van der Waals surface area contributed by atoms with Crippen LogP contribution >= 0.6 is 0 Å². The van der Waals surface area contributed by atoms with Crippen molar-refractivity contribution < 1.29 is 0 Å². The summed E-state index contributed by atoms with van der Waals surface area (Å²) in [4.78, 5) is 6.96. The normalized spacial score (nSPS) is 15.6. The van der Waals surface area contributed by atoms with Gasteiger partial charge in [0, 0.05) is 25.8 Å². The predicted molar refractivity (Wildman–Crippen MR) is 72.2 cm³/mol. The standard InChI is InChI=1S/C14H23N3/c1-3-17(11-12-5-4-6-12)14-8-7-13(9-15-2)10-16-14/h7-8,10,12,15H,3-6,9,11H2,1-2H3. The Morgan fingerprint density at radius 3 is 2.71 bits per heavy atom. The molecule has 1 aliphatic rings. The van der Waals surface area contributed by atoms with Gasteiger partial charge in [0.1, 0.15) is 5.82 Å². The Hall–Kier alpha value is -1.09. The average molecular weight is 233 g/mol. The first-order chi connectivity index (χ1) is 8.33. The fourth-order valence-corrected chi connectivity index (χ4v) is 2.28. The lowest BCUT2D eigenvalue weighted by molar-refractivity contribution is 0.318. The Labute approximate surface area is 104 Å². The molecule has 0 aliphatic heterocycles. The van der Waals surface area contributed by atoms with Crippen molar-refractivity contribution in [1.82, 2.24) is 10.3 Å². The molecule has 1 fully saturated rings. The van der Waals surface area contributed by atoms with E-state index in [-0.39, 0.29) is 0 Å². The third kappa shape index (κ3) is 3.19. The lowest BCUT2D eigenvalue weighted by Gasteiger charge is -2.32. The first kappa shape index (κ1) is 12.4. The number of aromatic nitrogens is 1. The molecule has 1 aliphatic carbocycles. The first-order valence-electron chi connectivity index (χ1n) is 6.68. The molecule has 0 spiro atoms. The second-order valence-electron chi connectivity index (χ2n) is 4.89. The summed E-state index contributed by atoms with van der Waals surface area (Å²) >= 11 is 0. The van der Waals surface area contributed by atoms with Crippen molar-refractivity contribution >= 4 is 5.82 Å². The molecule has 3 nitrogen and oxygen atoms in total. The SMILES string of the molecule is CCN(CC1CCC1)c1ccc(CNC)cn1. The van der Waals surface area contributed by atoms with Crippen LogP contribution in [0.2, 0.25) is 0 Å². The number of hydrogen-bond donors (Lipinski definition) is 1. The van der Waals surface area contributed by atoms with Crippen LogP contribution in [0.15, 0.2) is 18.3 Å². The van der Waals surface area contributed by atoms with Crippen LogP contribution < -0.4 is 10.2 Å². The van der Waals surface area contributed by atoms with Gasteiger partial charge in [0.15, 0.2) is 0 Å². The van der Waals surface area contributed by atoms with Gasteiger partial charge in [-0.15, -0.1) is 0 Å². The lowest BCUT2D eigenvalue weighted by atomic mass is 9.85. The van der Waals surface area contributed by atoms with Gasteiger partial charge in [0.05, 0.1) is 0 Å². The van der Waals surface area contributed by atoms with E-state index in [1.807, 2.05) is 13.2 Å². The molecule has 1 aromatic rings. The molecular weight excluding hydrogens is 210 g/mol. The summed E-state index contributed by atoms with van der Waals surface area (Å²) in [5, 5.41) is 3.14. The number of nitrogens with zero attached hydrogens (tertiary/aromatic N) is 2.